The molecule has 2 heterocycles. The number of nitrogens with zero attached hydrogens (tertiary/aromatic N) is 2. The maximum Gasteiger partial charge on any atom is 0.193 e. The van der Waals surface area contributed by atoms with Crippen LogP contribution in [0.25, 0.3) is 0 Å². The average Bonchev–Trinajstić information content (AvgIpc) is 3.21. The van der Waals surface area contributed by atoms with Crippen molar-refractivity contribution in [3.63, 3.8) is 0 Å². The van der Waals surface area contributed by atoms with Gasteiger partial charge in [-0.25, -0.2) is 0 Å². The summed E-state index contributed by atoms with van der Waals surface area (Å²) in [7, 11) is 1.87. The monoisotopic (exact) mass is 307 g/mol. The minimum atomic E-state index is 0.456. The number of thiophene rings is 1. The maximum atomic E-state index is 6.00. The second-order valence-corrected chi connectivity index (χ2v) is 6.98. The molecule has 0 aromatic carbocycles. The third kappa shape index (κ3) is 4.45. The molecule has 21 heavy (non-hydrogen) atoms. The lowest BCUT2D eigenvalue weighted by molar-refractivity contribution is 0.0131. The van der Waals surface area contributed by atoms with E-state index in [-0.39, 0.29) is 0 Å². The molecule has 1 N–H and O–H groups in total. The van der Waals surface area contributed by atoms with E-state index in [0.717, 1.165) is 51.0 Å². The molecule has 0 radical (unpaired) electrons. The molecule has 2 fully saturated rings. The molecule has 0 spiro atoms. The van der Waals surface area contributed by atoms with E-state index in [4.69, 9.17) is 4.74 Å². The Labute approximate surface area is 131 Å². The van der Waals surface area contributed by atoms with Gasteiger partial charge in [-0.15, -0.1) is 11.3 Å². The van der Waals surface area contributed by atoms with Gasteiger partial charge in [-0.1, -0.05) is 6.07 Å². The first kappa shape index (κ1) is 14.9. The van der Waals surface area contributed by atoms with Crippen LogP contribution in [0, 0.1) is 5.92 Å². The van der Waals surface area contributed by atoms with Gasteiger partial charge in [-0.05, 0) is 43.0 Å². The van der Waals surface area contributed by atoms with E-state index >= 15 is 0 Å². The van der Waals surface area contributed by atoms with Gasteiger partial charge >= 0.3 is 0 Å². The molecule has 1 aromatic heterocycles. The molecule has 1 aliphatic heterocycles. The highest BCUT2D eigenvalue weighted by atomic mass is 32.1. The van der Waals surface area contributed by atoms with Gasteiger partial charge in [-0.3, -0.25) is 4.99 Å². The molecule has 0 atom stereocenters. The highest BCUT2D eigenvalue weighted by molar-refractivity contribution is 7.09. The van der Waals surface area contributed by atoms with Gasteiger partial charge in [0.1, 0.15) is 0 Å². The summed E-state index contributed by atoms with van der Waals surface area (Å²) in [6.45, 7) is 3.93. The van der Waals surface area contributed by atoms with Crippen LogP contribution in [-0.2, 0) is 11.3 Å². The zero-order chi connectivity index (χ0) is 14.5. The molecule has 0 unspecified atom stereocenters. The summed E-state index contributed by atoms with van der Waals surface area (Å²) in [6, 6.07) is 4.25. The fourth-order valence-electron chi connectivity index (χ4n) is 2.70. The summed E-state index contributed by atoms with van der Waals surface area (Å²) in [5, 5.41) is 5.58. The molecule has 3 rings (SSSR count). The Bertz CT molecular complexity index is 448. The first-order valence-electron chi connectivity index (χ1n) is 7.94. The van der Waals surface area contributed by atoms with Crippen LogP contribution in [0.5, 0.6) is 0 Å². The molecule has 1 saturated heterocycles. The third-order valence-electron chi connectivity index (χ3n) is 4.22. The van der Waals surface area contributed by atoms with Crippen molar-refractivity contribution in [3.05, 3.63) is 22.4 Å². The first-order valence-corrected chi connectivity index (χ1v) is 8.82. The number of nitrogens with one attached hydrogen (secondary N) is 1. The van der Waals surface area contributed by atoms with Crippen LogP contribution >= 0.6 is 11.3 Å². The number of piperidine rings is 1. The van der Waals surface area contributed by atoms with Gasteiger partial charge in [0.15, 0.2) is 5.96 Å². The number of rotatable bonds is 5. The lowest BCUT2D eigenvalue weighted by Gasteiger charge is -2.34. The summed E-state index contributed by atoms with van der Waals surface area (Å²) < 4.78 is 6.00. The van der Waals surface area contributed by atoms with Gasteiger partial charge < -0.3 is 15.0 Å². The van der Waals surface area contributed by atoms with Gasteiger partial charge in [0, 0.05) is 31.6 Å². The Hall–Kier alpha value is -1.07. The lowest BCUT2D eigenvalue weighted by atomic mass is 10.1. The molecular formula is C16H25N3OS. The van der Waals surface area contributed by atoms with Crippen LogP contribution in [-0.4, -0.2) is 43.7 Å². The normalized spacial score (nSPS) is 20.8. The molecule has 5 heteroatoms. The SMILES string of the molecule is CN=C(NCc1cccs1)N1CCC(OCC2CC2)CC1. The zero-order valence-corrected chi connectivity index (χ0v) is 13.6. The van der Waals surface area contributed by atoms with E-state index in [0.29, 0.717) is 6.10 Å². The standard InChI is InChI=1S/C16H25N3OS/c1-17-16(18-11-15-3-2-10-21-15)19-8-6-14(7-9-19)20-12-13-4-5-13/h2-3,10,13-14H,4-9,11-12H2,1H3,(H,17,18). The second-order valence-electron chi connectivity index (χ2n) is 5.94. The largest absolute Gasteiger partial charge is 0.378 e. The number of aliphatic imine (C=N–C) groups is 1. The fourth-order valence-corrected chi connectivity index (χ4v) is 3.35. The fraction of sp³-hybridized carbons (Fsp3) is 0.688. The first-order chi connectivity index (χ1) is 10.3. The number of hydrogen-bond acceptors (Lipinski definition) is 3. The second kappa shape index (κ2) is 7.27. The quantitative estimate of drug-likeness (QED) is 0.671. The molecule has 1 saturated carbocycles. The van der Waals surface area contributed by atoms with Crippen molar-refractivity contribution in [3.8, 4) is 0 Å². The van der Waals surface area contributed by atoms with Crippen LogP contribution < -0.4 is 5.32 Å². The summed E-state index contributed by atoms with van der Waals surface area (Å²) in [5.74, 6) is 1.88. The zero-order valence-electron chi connectivity index (χ0n) is 12.8. The van der Waals surface area contributed by atoms with Gasteiger partial charge in [0.2, 0.25) is 0 Å². The minimum absolute atomic E-state index is 0.456. The lowest BCUT2D eigenvalue weighted by Crippen LogP contribution is -2.46. The Kier molecular flexibility index (Phi) is 5.14. The van der Waals surface area contributed by atoms with E-state index in [1.807, 2.05) is 7.05 Å². The minimum Gasteiger partial charge on any atom is -0.378 e. The summed E-state index contributed by atoms with van der Waals surface area (Å²) in [5.41, 5.74) is 0. The number of guanidine groups is 1. The van der Waals surface area contributed by atoms with Crippen LogP contribution in [0.1, 0.15) is 30.6 Å². The summed E-state index contributed by atoms with van der Waals surface area (Å²) >= 11 is 1.78. The van der Waals surface area contributed by atoms with Crippen LogP contribution in [0.15, 0.2) is 22.5 Å². The molecule has 2 aliphatic rings. The van der Waals surface area contributed by atoms with Crippen LogP contribution in [0.2, 0.25) is 0 Å². The number of ether oxygens (including phenoxy) is 1. The van der Waals surface area contributed by atoms with Crippen LogP contribution in [0.4, 0.5) is 0 Å². The van der Waals surface area contributed by atoms with Crippen molar-refractivity contribution in [2.24, 2.45) is 10.9 Å². The number of likely N-dealkylation sites (tertiary alicyclic amines) is 1. The smallest absolute Gasteiger partial charge is 0.193 e. The topological polar surface area (TPSA) is 36.9 Å². The predicted molar refractivity (Wildman–Crippen MR) is 87.8 cm³/mol. The van der Waals surface area contributed by atoms with Crippen molar-refractivity contribution in [1.82, 2.24) is 10.2 Å². The molecular weight excluding hydrogens is 282 g/mol. The van der Waals surface area contributed by atoms with Gasteiger partial charge in [0.05, 0.1) is 12.6 Å². The Balaban J connectivity index is 1.40. The summed E-state index contributed by atoms with van der Waals surface area (Å²) in [6.07, 6.45) is 5.44. The van der Waals surface area contributed by atoms with Gasteiger partial charge in [0.25, 0.3) is 0 Å². The van der Waals surface area contributed by atoms with Crippen molar-refractivity contribution >= 4 is 17.3 Å². The van der Waals surface area contributed by atoms with Crippen molar-refractivity contribution in [2.75, 3.05) is 26.7 Å². The molecule has 0 amide bonds. The van der Waals surface area contributed by atoms with Crippen molar-refractivity contribution in [2.45, 2.75) is 38.3 Å². The highest BCUT2D eigenvalue weighted by Gasteiger charge is 2.26. The predicted octanol–water partition coefficient (Wildman–Crippen LogP) is 2.71. The van der Waals surface area contributed by atoms with E-state index in [1.165, 1.54) is 17.7 Å². The Morgan fingerprint density at radius 1 is 1.38 bits per heavy atom. The van der Waals surface area contributed by atoms with Crippen LogP contribution in [0.3, 0.4) is 0 Å². The van der Waals surface area contributed by atoms with Crippen molar-refractivity contribution < 1.29 is 4.74 Å². The van der Waals surface area contributed by atoms with E-state index < -0.39 is 0 Å². The summed E-state index contributed by atoms with van der Waals surface area (Å²) in [4.78, 5) is 8.11. The van der Waals surface area contributed by atoms with E-state index in [1.54, 1.807) is 11.3 Å². The average molecular weight is 307 g/mol. The van der Waals surface area contributed by atoms with E-state index in [9.17, 15) is 0 Å². The maximum absolute atomic E-state index is 6.00. The molecule has 4 nitrogen and oxygen atoms in total. The Morgan fingerprint density at radius 3 is 2.81 bits per heavy atom. The third-order valence-corrected chi connectivity index (χ3v) is 5.10. The molecule has 1 aromatic rings. The highest BCUT2D eigenvalue weighted by Crippen LogP contribution is 2.30. The Morgan fingerprint density at radius 2 is 2.19 bits per heavy atom. The van der Waals surface area contributed by atoms with Crippen molar-refractivity contribution in [1.29, 1.82) is 0 Å². The van der Waals surface area contributed by atoms with Gasteiger partial charge in [-0.2, -0.15) is 0 Å². The molecule has 0 bridgehead atoms. The molecule has 1 aliphatic carbocycles. The van der Waals surface area contributed by atoms with E-state index in [2.05, 4.69) is 32.7 Å². The number of hydrogen-bond donors (Lipinski definition) is 1. The molecule has 116 valence electrons.